The summed E-state index contributed by atoms with van der Waals surface area (Å²) in [7, 11) is 1.42. The van der Waals surface area contributed by atoms with Crippen LogP contribution >= 0.6 is 0 Å². The summed E-state index contributed by atoms with van der Waals surface area (Å²) in [5.74, 6) is 0.355. The highest BCUT2D eigenvalue weighted by Gasteiger charge is 2.22. The first kappa shape index (κ1) is 18.9. The van der Waals surface area contributed by atoms with Crippen molar-refractivity contribution in [2.45, 2.75) is 26.1 Å². The van der Waals surface area contributed by atoms with Gasteiger partial charge in [-0.05, 0) is 26.0 Å². The minimum absolute atomic E-state index is 0.122. The highest BCUT2D eigenvalue weighted by Crippen LogP contribution is 2.28. The van der Waals surface area contributed by atoms with Crippen LogP contribution in [0.2, 0.25) is 0 Å². The Bertz CT molecular complexity index is 615. The number of nitro groups is 1. The lowest BCUT2D eigenvalue weighted by atomic mass is 10.2. The molecule has 2 amide bonds. The van der Waals surface area contributed by atoms with E-state index >= 15 is 0 Å². The summed E-state index contributed by atoms with van der Waals surface area (Å²) < 4.78 is 10.6. The quantitative estimate of drug-likeness (QED) is 0.598. The van der Waals surface area contributed by atoms with Crippen LogP contribution in [-0.4, -0.2) is 61.4 Å². The Morgan fingerprint density at radius 2 is 2.08 bits per heavy atom. The normalized spacial score (nSPS) is 20.8. The van der Waals surface area contributed by atoms with Crippen molar-refractivity contribution < 1.29 is 19.2 Å². The summed E-state index contributed by atoms with van der Waals surface area (Å²) in [6.07, 6.45) is 0.332. The molecule has 9 nitrogen and oxygen atoms in total. The molecule has 0 aliphatic carbocycles. The van der Waals surface area contributed by atoms with Gasteiger partial charge in [-0.25, -0.2) is 4.79 Å². The molecule has 1 saturated heterocycles. The van der Waals surface area contributed by atoms with Crippen molar-refractivity contribution in [3.05, 3.63) is 28.3 Å². The molecule has 9 heteroatoms. The number of urea groups is 1. The maximum absolute atomic E-state index is 12.0. The Morgan fingerprint density at radius 1 is 1.40 bits per heavy atom. The van der Waals surface area contributed by atoms with Gasteiger partial charge in [0.15, 0.2) is 0 Å². The number of carbonyl (C=O) groups is 1. The molecule has 2 rings (SSSR count). The van der Waals surface area contributed by atoms with Gasteiger partial charge in [-0.15, -0.1) is 0 Å². The molecule has 1 aliphatic rings. The van der Waals surface area contributed by atoms with Gasteiger partial charge in [0.1, 0.15) is 11.4 Å². The van der Waals surface area contributed by atoms with Crippen LogP contribution in [0.25, 0.3) is 0 Å². The number of hydrogen-bond acceptors (Lipinski definition) is 6. The number of ether oxygens (including phenoxy) is 2. The van der Waals surface area contributed by atoms with Crippen molar-refractivity contribution in [1.29, 1.82) is 0 Å². The molecule has 138 valence electrons. The number of rotatable bonds is 6. The van der Waals surface area contributed by atoms with E-state index in [1.54, 1.807) is 6.07 Å². The molecule has 0 radical (unpaired) electrons. The molecule has 0 bridgehead atoms. The monoisotopic (exact) mass is 352 g/mol. The fourth-order valence-corrected chi connectivity index (χ4v) is 2.86. The standard InChI is InChI=1S/C16H24N4O5/c1-11-9-19(10-12(2)25-11)7-6-17-16(21)18-14-5-4-13(24-3)8-15(14)20(22)23/h4-5,8,11-12H,6-7,9-10H2,1-3H3,(H2,17,18,21)/t11-,12-/m1/s1. The predicted octanol–water partition coefficient (Wildman–Crippen LogP) is 1.83. The van der Waals surface area contributed by atoms with E-state index in [1.807, 2.05) is 13.8 Å². The number of amides is 2. The molecule has 0 saturated carbocycles. The van der Waals surface area contributed by atoms with E-state index in [1.165, 1.54) is 19.2 Å². The lowest BCUT2D eigenvalue weighted by molar-refractivity contribution is -0.384. The second kappa shape index (κ2) is 8.63. The Morgan fingerprint density at radius 3 is 2.68 bits per heavy atom. The highest BCUT2D eigenvalue weighted by molar-refractivity contribution is 5.91. The van der Waals surface area contributed by atoms with Gasteiger partial charge in [-0.1, -0.05) is 0 Å². The Labute approximate surface area is 146 Å². The van der Waals surface area contributed by atoms with Crippen molar-refractivity contribution in [2.75, 3.05) is 38.6 Å². The minimum Gasteiger partial charge on any atom is -0.496 e. The molecule has 1 aliphatic heterocycles. The first-order valence-electron chi connectivity index (χ1n) is 8.14. The van der Waals surface area contributed by atoms with Crippen LogP contribution in [0.15, 0.2) is 18.2 Å². The van der Waals surface area contributed by atoms with Crippen LogP contribution in [-0.2, 0) is 4.74 Å². The smallest absolute Gasteiger partial charge is 0.319 e. The molecular formula is C16H24N4O5. The molecule has 25 heavy (non-hydrogen) atoms. The maximum atomic E-state index is 12.0. The molecule has 2 N–H and O–H groups in total. The van der Waals surface area contributed by atoms with Gasteiger partial charge in [-0.2, -0.15) is 0 Å². The SMILES string of the molecule is COc1ccc(NC(=O)NCCN2C[C@@H](C)O[C@H](C)C2)c([N+](=O)[O-])c1. The largest absolute Gasteiger partial charge is 0.496 e. The third-order valence-electron chi connectivity index (χ3n) is 3.86. The van der Waals surface area contributed by atoms with Crippen molar-refractivity contribution in [1.82, 2.24) is 10.2 Å². The highest BCUT2D eigenvalue weighted by atomic mass is 16.6. The van der Waals surface area contributed by atoms with Crippen LogP contribution in [0.1, 0.15) is 13.8 Å². The predicted molar refractivity (Wildman–Crippen MR) is 93.1 cm³/mol. The molecule has 0 unspecified atom stereocenters. The molecule has 0 spiro atoms. The summed E-state index contributed by atoms with van der Waals surface area (Å²) in [5, 5.41) is 16.3. The third kappa shape index (κ3) is 5.57. The number of nitro benzene ring substituents is 1. The van der Waals surface area contributed by atoms with Gasteiger partial charge in [0.05, 0.1) is 30.3 Å². The zero-order valence-corrected chi connectivity index (χ0v) is 14.7. The van der Waals surface area contributed by atoms with E-state index in [0.717, 1.165) is 13.1 Å². The first-order chi connectivity index (χ1) is 11.9. The fraction of sp³-hybridized carbons (Fsp3) is 0.562. The number of nitrogens with zero attached hydrogens (tertiary/aromatic N) is 2. The van der Waals surface area contributed by atoms with Crippen molar-refractivity contribution in [3.63, 3.8) is 0 Å². The molecule has 0 aromatic heterocycles. The molecule has 1 aromatic carbocycles. The Balaban J connectivity index is 1.85. The number of benzene rings is 1. The van der Waals surface area contributed by atoms with Crippen LogP contribution in [0.3, 0.4) is 0 Å². The number of hydrogen-bond donors (Lipinski definition) is 2. The van der Waals surface area contributed by atoms with Gasteiger partial charge >= 0.3 is 6.03 Å². The van der Waals surface area contributed by atoms with Gasteiger partial charge in [0, 0.05) is 26.2 Å². The lowest BCUT2D eigenvalue weighted by Gasteiger charge is -2.35. The zero-order valence-electron chi connectivity index (χ0n) is 14.7. The summed E-state index contributed by atoms with van der Waals surface area (Å²) in [5.41, 5.74) is -0.0951. The molecular weight excluding hydrogens is 328 g/mol. The fourth-order valence-electron chi connectivity index (χ4n) is 2.86. The van der Waals surface area contributed by atoms with E-state index in [-0.39, 0.29) is 23.6 Å². The second-order valence-electron chi connectivity index (χ2n) is 6.04. The molecule has 1 fully saturated rings. The van der Waals surface area contributed by atoms with E-state index in [4.69, 9.17) is 9.47 Å². The van der Waals surface area contributed by atoms with Crippen LogP contribution in [0.4, 0.5) is 16.2 Å². The topological polar surface area (TPSA) is 106 Å². The molecule has 1 heterocycles. The van der Waals surface area contributed by atoms with E-state index < -0.39 is 11.0 Å². The third-order valence-corrected chi connectivity index (χ3v) is 3.86. The van der Waals surface area contributed by atoms with Crippen molar-refractivity contribution in [3.8, 4) is 5.75 Å². The molecule has 2 atom stereocenters. The van der Waals surface area contributed by atoms with E-state index in [2.05, 4.69) is 15.5 Å². The second-order valence-corrected chi connectivity index (χ2v) is 6.04. The van der Waals surface area contributed by atoms with Gasteiger partial charge in [-0.3, -0.25) is 15.0 Å². The number of morpholine rings is 1. The van der Waals surface area contributed by atoms with Crippen molar-refractivity contribution in [2.24, 2.45) is 0 Å². The number of nitrogens with one attached hydrogen (secondary N) is 2. The van der Waals surface area contributed by atoms with Crippen LogP contribution in [0.5, 0.6) is 5.75 Å². The number of carbonyl (C=O) groups excluding carboxylic acids is 1. The minimum atomic E-state index is -0.561. The lowest BCUT2D eigenvalue weighted by Crippen LogP contribution is -2.48. The van der Waals surface area contributed by atoms with Crippen LogP contribution in [0, 0.1) is 10.1 Å². The van der Waals surface area contributed by atoms with Gasteiger partial charge in [0.25, 0.3) is 5.69 Å². The van der Waals surface area contributed by atoms with Gasteiger partial charge in [0.2, 0.25) is 0 Å². The van der Waals surface area contributed by atoms with Crippen LogP contribution < -0.4 is 15.4 Å². The summed E-state index contributed by atoms with van der Waals surface area (Å²) in [6.45, 7) is 6.80. The number of anilines is 1. The molecule has 1 aromatic rings. The summed E-state index contributed by atoms with van der Waals surface area (Å²) in [4.78, 5) is 24.8. The Hall–Kier alpha value is -2.39. The average molecular weight is 352 g/mol. The maximum Gasteiger partial charge on any atom is 0.319 e. The first-order valence-corrected chi connectivity index (χ1v) is 8.14. The average Bonchev–Trinajstić information content (AvgIpc) is 2.54. The van der Waals surface area contributed by atoms with Gasteiger partial charge < -0.3 is 20.1 Å². The number of methoxy groups -OCH3 is 1. The Kier molecular flexibility index (Phi) is 6.54. The van der Waals surface area contributed by atoms with E-state index in [0.29, 0.717) is 18.8 Å². The summed E-state index contributed by atoms with van der Waals surface area (Å²) in [6, 6.07) is 3.79. The van der Waals surface area contributed by atoms with Crippen molar-refractivity contribution >= 4 is 17.4 Å². The summed E-state index contributed by atoms with van der Waals surface area (Å²) >= 11 is 0. The van der Waals surface area contributed by atoms with E-state index in [9.17, 15) is 14.9 Å². The zero-order chi connectivity index (χ0) is 18.4.